The molecule has 4 saturated carbocycles. The molecule has 6 atom stereocenters. The summed E-state index contributed by atoms with van der Waals surface area (Å²) in [6, 6.07) is 12.0. The first kappa shape index (κ1) is 36.4. The molecule has 9 nitrogen and oxygen atoms in total. The van der Waals surface area contributed by atoms with Crippen LogP contribution in [0.25, 0.3) is 10.8 Å². The van der Waals surface area contributed by atoms with Gasteiger partial charge in [-0.2, -0.15) is 16.8 Å². The van der Waals surface area contributed by atoms with E-state index < -0.39 is 36.5 Å². The molecule has 1 saturated heterocycles. The summed E-state index contributed by atoms with van der Waals surface area (Å²) in [6.07, 6.45) is 6.42. The van der Waals surface area contributed by atoms with Gasteiger partial charge in [0.1, 0.15) is 22.8 Å². The zero-order valence-electron chi connectivity index (χ0n) is 29.6. The van der Waals surface area contributed by atoms with E-state index in [2.05, 4.69) is 0 Å². The Bertz CT molecular complexity index is 1900. The Kier molecular flexibility index (Phi) is 9.35. The number of Topliss-reactive ketones (excluding diaryl/α,β-unsaturated/α-hetero) is 2. The van der Waals surface area contributed by atoms with Crippen molar-refractivity contribution in [3.8, 4) is 5.75 Å². The van der Waals surface area contributed by atoms with Gasteiger partial charge < -0.3 is 4.74 Å². The van der Waals surface area contributed by atoms with Crippen LogP contribution < -0.4 is 4.74 Å². The average molecular weight is 747 g/mol. The van der Waals surface area contributed by atoms with Crippen LogP contribution in [-0.2, 0) is 38.2 Å². The van der Waals surface area contributed by atoms with E-state index in [0.717, 1.165) is 41.3 Å². The SMILES string of the molecule is CC1(C)C2CCC1(CS(=O)(=O)OCCCCOc1ccc(C3CCC(OS(=O)(=O)CC45CCC(CC4=O)C5(C)C)S3)c3ccccc13)C(=O)C2. The Morgan fingerprint density at radius 2 is 1.30 bits per heavy atom. The van der Waals surface area contributed by atoms with Gasteiger partial charge >= 0.3 is 0 Å². The Balaban J connectivity index is 0.917. The standard InChI is InChI=1S/C38H50O9S3/c1-35(2)25-15-17-37(35,32(39)21-25)23-49(41,42)46-20-8-7-19-45-30-12-11-29(27-9-5-6-10-28(27)30)31-13-14-34(48-31)47-50(43,44)24-38-18-16-26(22-33(38)40)36(38,3)4/h5-6,9-12,25-26,31,34H,7-8,13-24H2,1-4H3. The van der Waals surface area contributed by atoms with E-state index in [1.165, 1.54) is 11.8 Å². The summed E-state index contributed by atoms with van der Waals surface area (Å²) in [4.78, 5) is 25.7. The van der Waals surface area contributed by atoms with Crippen LogP contribution in [-0.4, -0.2) is 58.6 Å². The number of carbonyl (C=O) groups is 2. The molecule has 1 heterocycles. The molecule has 1 aliphatic heterocycles. The molecule has 12 heteroatoms. The molecule has 5 fully saturated rings. The number of unbranched alkanes of at least 4 members (excludes halogenated alkanes) is 1. The van der Waals surface area contributed by atoms with Gasteiger partial charge in [0.05, 0.1) is 35.5 Å². The lowest BCUT2D eigenvalue weighted by atomic mass is 9.70. The molecule has 7 rings (SSSR count). The first-order chi connectivity index (χ1) is 23.5. The Labute approximate surface area is 301 Å². The van der Waals surface area contributed by atoms with Crippen molar-refractivity contribution in [2.75, 3.05) is 24.7 Å². The van der Waals surface area contributed by atoms with Crippen LogP contribution in [0.2, 0.25) is 0 Å². The van der Waals surface area contributed by atoms with Crippen molar-refractivity contribution in [1.29, 1.82) is 0 Å². The van der Waals surface area contributed by atoms with Crippen LogP contribution >= 0.6 is 11.8 Å². The molecule has 2 aromatic carbocycles. The third-order valence-corrected chi connectivity index (χ3v) is 18.0. The Hall–Kier alpha value is -1.99. The minimum absolute atomic E-state index is 0.0478. The predicted molar refractivity (Wildman–Crippen MR) is 194 cm³/mol. The fourth-order valence-electron chi connectivity index (χ4n) is 10.2. The van der Waals surface area contributed by atoms with E-state index in [-0.39, 0.29) is 57.6 Å². The fourth-order valence-corrected chi connectivity index (χ4v) is 15.6. The van der Waals surface area contributed by atoms with Gasteiger partial charge in [-0.3, -0.25) is 18.0 Å². The largest absolute Gasteiger partial charge is 0.493 e. The second-order valence-electron chi connectivity index (χ2n) is 16.5. The number of hydrogen-bond acceptors (Lipinski definition) is 10. The van der Waals surface area contributed by atoms with Crippen molar-refractivity contribution >= 4 is 54.3 Å². The monoisotopic (exact) mass is 746 g/mol. The van der Waals surface area contributed by atoms with Gasteiger partial charge in [0.25, 0.3) is 20.2 Å². The molecule has 274 valence electrons. The van der Waals surface area contributed by atoms with Crippen LogP contribution in [0.4, 0.5) is 0 Å². The molecule has 0 spiro atoms. The highest BCUT2D eigenvalue weighted by Crippen LogP contribution is 2.65. The van der Waals surface area contributed by atoms with Crippen LogP contribution in [0.15, 0.2) is 36.4 Å². The van der Waals surface area contributed by atoms with E-state index in [9.17, 15) is 26.4 Å². The molecule has 0 amide bonds. The number of rotatable bonds is 14. The van der Waals surface area contributed by atoms with Gasteiger partial charge in [0.2, 0.25) is 0 Å². The van der Waals surface area contributed by atoms with Gasteiger partial charge in [-0.25, -0.2) is 0 Å². The number of thioether (sulfide) groups is 1. The number of fused-ring (bicyclic) bond motifs is 5. The highest BCUT2D eigenvalue weighted by molar-refractivity contribution is 8.00. The van der Waals surface area contributed by atoms with Gasteiger partial charge in [-0.05, 0) is 91.0 Å². The minimum atomic E-state index is -3.91. The molecule has 4 aliphatic carbocycles. The van der Waals surface area contributed by atoms with Gasteiger partial charge in [-0.15, -0.1) is 11.8 Å². The molecule has 50 heavy (non-hydrogen) atoms. The summed E-state index contributed by atoms with van der Waals surface area (Å²) < 4.78 is 69.9. The van der Waals surface area contributed by atoms with E-state index in [0.29, 0.717) is 51.6 Å². The summed E-state index contributed by atoms with van der Waals surface area (Å²) in [7, 11) is -7.75. The topological polar surface area (TPSA) is 130 Å². The smallest absolute Gasteiger partial charge is 0.269 e. The summed E-state index contributed by atoms with van der Waals surface area (Å²) >= 11 is 1.52. The molecule has 6 unspecified atom stereocenters. The number of hydrogen-bond donors (Lipinski definition) is 0. The molecular weight excluding hydrogens is 697 g/mol. The quantitative estimate of drug-likeness (QED) is 0.143. The number of ether oxygens (including phenoxy) is 1. The van der Waals surface area contributed by atoms with Gasteiger partial charge in [0.15, 0.2) is 0 Å². The highest BCUT2D eigenvalue weighted by Gasteiger charge is 2.66. The molecule has 5 aliphatic rings. The van der Waals surface area contributed by atoms with E-state index in [1.54, 1.807) is 0 Å². The molecule has 0 radical (unpaired) electrons. The first-order valence-corrected chi connectivity index (χ1v) is 22.2. The predicted octanol–water partition coefficient (Wildman–Crippen LogP) is 7.38. The summed E-state index contributed by atoms with van der Waals surface area (Å²) in [5.74, 6) is 0.890. The van der Waals surface area contributed by atoms with Crippen LogP contribution in [0, 0.1) is 33.5 Å². The Morgan fingerprint density at radius 3 is 1.88 bits per heavy atom. The number of benzene rings is 2. The number of ketones is 2. The molecule has 0 N–H and O–H groups in total. The molecule has 0 aromatic heterocycles. The maximum atomic E-state index is 13.4. The van der Waals surface area contributed by atoms with Gasteiger partial charge in [-0.1, -0.05) is 58.0 Å². The van der Waals surface area contributed by atoms with Crippen molar-refractivity contribution < 1.29 is 39.5 Å². The normalized spacial score (nSPS) is 32.8. The summed E-state index contributed by atoms with van der Waals surface area (Å²) in [5.41, 5.74) is -1.74. The van der Waals surface area contributed by atoms with E-state index in [1.807, 2.05) is 64.1 Å². The zero-order valence-corrected chi connectivity index (χ0v) is 32.0. The van der Waals surface area contributed by atoms with Crippen molar-refractivity contribution in [2.45, 2.75) is 103 Å². The second kappa shape index (κ2) is 12.8. The summed E-state index contributed by atoms with van der Waals surface area (Å²) in [5, 5.41) is 2.04. The Morgan fingerprint density at radius 1 is 0.720 bits per heavy atom. The second-order valence-corrected chi connectivity index (χ2v) is 21.1. The third-order valence-electron chi connectivity index (χ3n) is 13.7. The fraction of sp³-hybridized carbons (Fsp3) is 0.684. The highest BCUT2D eigenvalue weighted by atomic mass is 32.2. The number of carbonyl (C=O) groups excluding carboxylic acids is 2. The average Bonchev–Trinajstić information content (AvgIpc) is 3.75. The van der Waals surface area contributed by atoms with Crippen molar-refractivity contribution in [1.82, 2.24) is 0 Å². The van der Waals surface area contributed by atoms with Crippen molar-refractivity contribution in [3.05, 3.63) is 42.0 Å². The third kappa shape index (κ3) is 6.06. The van der Waals surface area contributed by atoms with Crippen molar-refractivity contribution in [3.63, 3.8) is 0 Å². The lowest BCUT2D eigenvalue weighted by Gasteiger charge is -2.36. The van der Waals surface area contributed by atoms with Crippen molar-refractivity contribution in [2.24, 2.45) is 33.5 Å². The van der Waals surface area contributed by atoms with Crippen LogP contribution in [0.5, 0.6) is 5.75 Å². The maximum absolute atomic E-state index is 13.4. The molecular formula is C38H50O9S3. The minimum Gasteiger partial charge on any atom is -0.493 e. The molecule has 2 aromatic rings. The maximum Gasteiger partial charge on any atom is 0.269 e. The van der Waals surface area contributed by atoms with E-state index >= 15 is 0 Å². The lowest BCUT2D eigenvalue weighted by molar-refractivity contribution is -0.128. The van der Waals surface area contributed by atoms with Crippen LogP contribution in [0.1, 0.15) is 103 Å². The summed E-state index contributed by atoms with van der Waals surface area (Å²) in [6.45, 7) is 8.56. The van der Waals surface area contributed by atoms with Gasteiger partial charge in [0, 0.05) is 23.5 Å². The van der Waals surface area contributed by atoms with E-state index in [4.69, 9.17) is 13.1 Å². The molecule has 4 bridgehead atoms. The lowest BCUT2D eigenvalue weighted by Crippen LogP contribution is -2.43. The first-order valence-electron chi connectivity index (χ1n) is 18.1. The van der Waals surface area contributed by atoms with Crippen LogP contribution in [0.3, 0.4) is 0 Å². The zero-order chi connectivity index (χ0) is 35.7.